The third kappa shape index (κ3) is 4.56. The zero-order valence-corrected chi connectivity index (χ0v) is 14.6. The molecule has 1 N–H and O–H groups in total. The van der Waals surface area contributed by atoms with E-state index >= 15 is 0 Å². The second kappa shape index (κ2) is 7.22. The minimum absolute atomic E-state index is 0.0141. The van der Waals surface area contributed by atoms with Crippen LogP contribution >= 0.6 is 11.3 Å². The van der Waals surface area contributed by atoms with Crippen molar-refractivity contribution in [3.63, 3.8) is 0 Å². The second-order valence-corrected chi connectivity index (χ2v) is 8.13. The van der Waals surface area contributed by atoms with E-state index in [1.165, 1.54) is 18.4 Å². The molecule has 0 saturated heterocycles. The largest absolute Gasteiger partial charge is 0.416 e. The Morgan fingerprint density at radius 2 is 1.79 bits per heavy atom. The summed E-state index contributed by atoms with van der Waals surface area (Å²) in [5, 5.41) is 0. The summed E-state index contributed by atoms with van der Waals surface area (Å²) in [6.07, 6.45) is -4.97. The van der Waals surface area contributed by atoms with Crippen molar-refractivity contribution in [2.75, 3.05) is 13.7 Å². The van der Waals surface area contributed by atoms with Crippen LogP contribution in [0.4, 0.5) is 13.2 Å². The number of alkyl halides is 3. The molecule has 4 nitrogen and oxygen atoms in total. The van der Waals surface area contributed by atoms with Gasteiger partial charge in [0.15, 0.2) is 0 Å². The number of thiophene rings is 1. The number of aryl methyl sites for hydroxylation is 1. The zero-order chi connectivity index (χ0) is 18.0. The zero-order valence-electron chi connectivity index (χ0n) is 12.9. The van der Waals surface area contributed by atoms with Crippen molar-refractivity contribution in [1.82, 2.24) is 4.72 Å². The van der Waals surface area contributed by atoms with Gasteiger partial charge < -0.3 is 4.74 Å². The van der Waals surface area contributed by atoms with Crippen LogP contribution in [0.15, 0.2) is 41.3 Å². The second-order valence-electron chi connectivity index (χ2n) is 5.05. The molecular formula is C15H16F3NO3S2. The lowest BCUT2D eigenvalue weighted by Crippen LogP contribution is -2.29. The Morgan fingerprint density at radius 1 is 1.17 bits per heavy atom. The lowest BCUT2D eigenvalue weighted by molar-refractivity contribution is -0.137. The Morgan fingerprint density at radius 3 is 2.25 bits per heavy atom. The van der Waals surface area contributed by atoms with Crippen LogP contribution in [0, 0.1) is 6.92 Å². The average molecular weight is 379 g/mol. The maximum atomic E-state index is 12.5. The highest BCUT2D eigenvalue weighted by Crippen LogP contribution is 2.30. The summed E-state index contributed by atoms with van der Waals surface area (Å²) < 4.78 is 69.6. The van der Waals surface area contributed by atoms with E-state index in [9.17, 15) is 21.6 Å². The molecule has 0 fully saturated rings. The number of hydrogen-bond donors (Lipinski definition) is 1. The highest BCUT2D eigenvalue weighted by Gasteiger charge is 2.30. The van der Waals surface area contributed by atoms with Gasteiger partial charge in [-0.05, 0) is 43.3 Å². The summed E-state index contributed by atoms with van der Waals surface area (Å²) >= 11 is 1.49. The molecule has 1 atom stereocenters. The molecular weight excluding hydrogens is 363 g/mol. The van der Waals surface area contributed by atoms with Crippen molar-refractivity contribution >= 4 is 21.4 Å². The van der Waals surface area contributed by atoms with E-state index in [-0.39, 0.29) is 11.4 Å². The van der Waals surface area contributed by atoms with Gasteiger partial charge in [0, 0.05) is 23.4 Å². The third-order valence-electron chi connectivity index (χ3n) is 3.31. The van der Waals surface area contributed by atoms with Crippen molar-refractivity contribution in [2.24, 2.45) is 0 Å². The molecule has 0 spiro atoms. The third-order valence-corrected chi connectivity index (χ3v) is 5.85. The fraction of sp³-hybridized carbons (Fsp3) is 0.333. The molecule has 0 aliphatic rings. The predicted molar refractivity (Wildman–Crippen MR) is 85.4 cm³/mol. The van der Waals surface area contributed by atoms with Gasteiger partial charge in [-0.3, -0.25) is 0 Å². The summed E-state index contributed by atoms with van der Waals surface area (Å²) in [5.41, 5.74) is -0.898. The Bertz CT molecular complexity index is 783. The standard InChI is InChI=1S/C15H16F3NO3S2/c1-10-3-8-14(23-10)13(22-2)9-19-24(20,21)12-6-4-11(5-7-12)15(16,17)18/h3-8,13,19H,9H2,1-2H3/t13-/m0/s1. The summed E-state index contributed by atoms with van der Waals surface area (Å²) in [6, 6.07) is 7.09. The first kappa shape index (κ1) is 18.9. The van der Waals surface area contributed by atoms with Crippen molar-refractivity contribution in [3.8, 4) is 0 Å². The molecule has 24 heavy (non-hydrogen) atoms. The van der Waals surface area contributed by atoms with Crippen molar-refractivity contribution in [1.29, 1.82) is 0 Å². The summed E-state index contributed by atoms with van der Waals surface area (Å²) in [5.74, 6) is 0. The predicted octanol–water partition coefficient (Wildman–Crippen LogP) is 3.74. The number of sulfonamides is 1. The number of methoxy groups -OCH3 is 1. The van der Waals surface area contributed by atoms with E-state index < -0.39 is 27.9 Å². The molecule has 0 radical (unpaired) electrons. The summed E-state index contributed by atoms with van der Waals surface area (Å²) in [6.45, 7) is 1.91. The van der Waals surface area contributed by atoms with Gasteiger partial charge in [-0.2, -0.15) is 13.2 Å². The first-order chi connectivity index (χ1) is 11.1. The van der Waals surface area contributed by atoms with Gasteiger partial charge in [0.25, 0.3) is 0 Å². The summed E-state index contributed by atoms with van der Waals surface area (Å²) in [7, 11) is -2.46. The lowest BCUT2D eigenvalue weighted by atomic mass is 10.2. The Hall–Kier alpha value is -1.42. The SMILES string of the molecule is CO[C@@H](CNS(=O)(=O)c1ccc(C(F)(F)F)cc1)c1ccc(C)s1. The molecule has 0 unspecified atom stereocenters. The van der Waals surface area contributed by atoms with Crippen LogP contribution < -0.4 is 4.72 Å². The maximum absolute atomic E-state index is 12.5. The normalized spacial score (nSPS) is 13.9. The van der Waals surface area contributed by atoms with Crippen molar-refractivity contribution < 1.29 is 26.3 Å². The van der Waals surface area contributed by atoms with Gasteiger partial charge >= 0.3 is 6.18 Å². The number of halogens is 3. The summed E-state index contributed by atoms with van der Waals surface area (Å²) in [4.78, 5) is 1.70. The number of benzene rings is 1. The number of hydrogen-bond acceptors (Lipinski definition) is 4. The monoisotopic (exact) mass is 379 g/mol. The highest BCUT2D eigenvalue weighted by atomic mass is 32.2. The van der Waals surface area contributed by atoms with Crippen LogP contribution in [0.2, 0.25) is 0 Å². The smallest absolute Gasteiger partial charge is 0.375 e. The Kier molecular flexibility index (Phi) is 5.69. The van der Waals surface area contributed by atoms with E-state index in [0.29, 0.717) is 0 Å². The van der Waals surface area contributed by atoms with Gasteiger partial charge in [0.1, 0.15) is 6.10 Å². The molecule has 132 valence electrons. The van der Waals surface area contributed by atoms with Crippen LogP contribution in [0.1, 0.15) is 21.4 Å². The fourth-order valence-electron chi connectivity index (χ4n) is 2.02. The number of ether oxygens (including phenoxy) is 1. The molecule has 0 aliphatic heterocycles. The van der Waals surface area contributed by atoms with E-state index in [1.54, 1.807) is 0 Å². The van der Waals surface area contributed by atoms with Crippen molar-refractivity contribution in [3.05, 3.63) is 51.7 Å². The highest BCUT2D eigenvalue weighted by molar-refractivity contribution is 7.89. The van der Waals surface area contributed by atoms with Gasteiger partial charge in [-0.1, -0.05) is 0 Å². The Labute approximate surface area is 142 Å². The molecule has 0 saturated carbocycles. The molecule has 1 heterocycles. The van der Waals surface area contributed by atoms with Gasteiger partial charge in [0.05, 0.1) is 10.5 Å². The van der Waals surface area contributed by atoms with E-state index in [4.69, 9.17) is 4.74 Å². The Balaban J connectivity index is 2.10. The molecule has 9 heteroatoms. The van der Waals surface area contributed by atoms with Crippen LogP contribution in [0.25, 0.3) is 0 Å². The first-order valence-corrected chi connectivity index (χ1v) is 9.19. The number of nitrogens with one attached hydrogen (secondary N) is 1. The van der Waals surface area contributed by atoms with Gasteiger partial charge in [-0.15, -0.1) is 11.3 Å². The lowest BCUT2D eigenvalue weighted by Gasteiger charge is -2.15. The van der Waals surface area contributed by atoms with E-state index in [0.717, 1.165) is 34.0 Å². The van der Waals surface area contributed by atoms with Crippen LogP contribution in [-0.2, 0) is 20.9 Å². The van der Waals surface area contributed by atoms with Crippen LogP contribution in [0.5, 0.6) is 0 Å². The topological polar surface area (TPSA) is 55.4 Å². The van der Waals surface area contributed by atoms with Gasteiger partial charge in [-0.25, -0.2) is 13.1 Å². The molecule has 0 aliphatic carbocycles. The quantitative estimate of drug-likeness (QED) is 0.832. The minimum Gasteiger partial charge on any atom is -0.375 e. The fourth-order valence-corrected chi connectivity index (χ4v) is 4.01. The molecule has 0 bridgehead atoms. The molecule has 1 aromatic heterocycles. The van der Waals surface area contributed by atoms with Gasteiger partial charge in [0.2, 0.25) is 10.0 Å². The molecule has 0 amide bonds. The van der Waals surface area contributed by atoms with Crippen LogP contribution in [-0.4, -0.2) is 22.1 Å². The number of rotatable bonds is 6. The first-order valence-electron chi connectivity index (χ1n) is 6.89. The minimum atomic E-state index is -4.51. The molecule has 2 aromatic rings. The van der Waals surface area contributed by atoms with E-state index in [1.807, 2.05) is 19.1 Å². The van der Waals surface area contributed by atoms with E-state index in [2.05, 4.69) is 4.72 Å². The molecule has 2 rings (SSSR count). The van der Waals surface area contributed by atoms with Crippen molar-refractivity contribution in [2.45, 2.75) is 24.1 Å². The van der Waals surface area contributed by atoms with Crippen LogP contribution in [0.3, 0.4) is 0 Å². The molecule has 1 aromatic carbocycles. The maximum Gasteiger partial charge on any atom is 0.416 e. The average Bonchev–Trinajstić information content (AvgIpc) is 2.93.